The van der Waals surface area contributed by atoms with Crippen molar-refractivity contribution < 1.29 is 4.79 Å². The van der Waals surface area contributed by atoms with Crippen LogP contribution in [0.1, 0.15) is 81.3 Å². The van der Waals surface area contributed by atoms with Gasteiger partial charge in [-0.3, -0.25) is 4.79 Å². The third-order valence-corrected chi connectivity index (χ3v) is 8.12. The highest BCUT2D eigenvalue weighted by atomic mass is 16.2. The van der Waals surface area contributed by atoms with Gasteiger partial charge >= 0.3 is 0 Å². The van der Waals surface area contributed by atoms with Gasteiger partial charge in [-0.05, 0) is 91.1 Å². The average Bonchev–Trinajstić information content (AvgIpc) is 3.65. The third kappa shape index (κ3) is 5.08. The average molecular weight is 529 g/mol. The highest BCUT2D eigenvalue weighted by Gasteiger charge is 2.30. The van der Waals surface area contributed by atoms with Gasteiger partial charge in [-0.15, -0.1) is 0 Å². The highest BCUT2D eigenvalue weighted by Crippen LogP contribution is 2.44. The summed E-state index contributed by atoms with van der Waals surface area (Å²) in [6.07, 6.45) is 11.6. The maximum absolute atomic E-state index is 13.2. The lowest BCUT2D eigenvalue weighted by atomic mass is 9.88. The van der Waals surface area contributed by atoms with Gasteiger partial charge in [0.05, 0.1) is 16.9 Å². The molecule has 1 atom stereocenters. The first kappa shape index (κ1) is 26.1. The van der Waals surface area contributed by atoms with Gasteiger partial charge in [0.2, 0.25) is 5.91 Å². The number of amides is 1. The molecule has 0 bridgehead atoms. The molecule has 5 nitrogen and oxygen atoms in total. The van der Waals surface area contributed by atoms with Crippen molar-refractivity contribution in [3.63, 3.8) is 0 Å². The van der Waals surface area contributed by atoms with Crippen LogP contribution in [0.2, 0.25) is 0 Å². The summed E-state index contributed by atoms with van der Waals surface area (Å²) >= 11 is 0. The number of anilines is 1. The smallest absolute Gasteiger partial charge is 0.230 e. The van der Waals surface area contributed by atoms with Crippen molar-refractivity contribution in [1.29, 1.82) is 0 Å². The fourth-order valence-corrected chi connectivity index (χ4v) is 5.82. The van der Waals surface area contributed by atoms with Crippen LogP contribution in [0.4, 0.5) is 5.82 Å². The third-order valence-electron chi connectivity index (χ3n) is 8.12. The second-order valence-electron chi connectivity index (χ2n) is 12.1. The molecule has 0 spiro atoms. The van der Waals surface area contributed by atoms with Crippen LogP contribution in [0, 0.1) is 12.3 Å². The zero-order valence-electron chi connectivity index (χ0n) is 23.8. The molecule has 0 aliphatic heterocycles. The van der Waals surface area contributed by atoms with Gasteiger partial charge in [-0.2, -0.15) is 0 Å². The number of rotatable bonds is 5. The van der Waals surface area contributed by atoms with E-state index in [2.05, 4.69) is 84.0 Å². The molecule has 2 aliphatic rings. The number of carbonyl (C=O) groups excluding carboxylic acids is 1. The van der Waals surface area contributed by atoms with E-state index in [-0.39, 0.29) is 11.8 Å². The molecule has 0 saturated heterocycles. The molecule has 1 unspecified atom stereocenters. The Bertz CT molecular complexity index is 1670. The predicted molar refractivity (Wildman–Crippen MR) is 164 cm³/mol. The Hall–Kier alpha value is -4.12. The van der Waals surface area contributed by atoms with E-state index >= 15 is 0 Å². The van der Waals surface area contributed by atoms with Gasteiger partial charge in [0.1, 0.15) is 12.1 Å². The van der Waals surface area contributed by atoms with Crippen molar-refractivity contribution in [3.8, 4) is 11.1 Å². The van der Waals surface area contributed by atoms with E-state index < -0.39 is 5.41 Å². The van der Waals surface area contributed by atoms with Crippen molar-refractivity contribution >= 4 is 33.8 Å². The number of aryl methyl sites for hydroxylation is 1. The van der Waals surface area contributed by atoms with Crippen molar-refractivity contribution in [2.45, 2.75) is 65.7 Å². The fourth-order valence-electron chi connectivity index (χ4n) is 5.82. The van der Waals surface area contributed by atoms with Crippen LogP contribution in [-0.4, -0.2) is 20.9 Å². The Balaban J connectivity index is 1.45. The largest absolute Gasteiger partial charge is 0.310 e. The molecule has 2 aromatic heterocycles. The molecule has 2 aromatic carbocycles. The van der Waals surface area contributed by atoms with Crippen molar-refractivity contribution in [2.75, 3.05) is 5.32 Å². The molecular formula is C35H36N4O. The van der Waals surface area contributed by atoms with Crippen LogP contribution < -0.4 is 5.32 Å². The summed E-state index contributed by atoms with van der Waals surface area (Å²) in [5, 5.41) is 4.25. The predicted octanol–water partition coefficient (Wildman–Crippen LogP) is 8.51. The van der Waals surface area contributed by atoms with Crippen molar-refractivity contribution in [1.82, 2.24) is 15.0 Å². The zero-order valence-corrected chi connectivity index (χ0v) is 23.8. The van der Waals surface area contributed by atoms with Crippen LogP contribution in [0.5, 0.6) is 0 Å². The summed E-state index contributed by atoms with van der Waals surface area (Å²) < 4.78 is 0. The van der Waals surface area contributed by atoms with E-state index in [1.807, 2.05) is 20.8 Å². The van der Waals surface area contributed by atoms with E-state index in [0.717, 1.165) is 59.1 Å². The number of benzene rings is 2. The van der Waals surface area contributed by atoms with Gasteiger partial charge in [0.15, 0.2) is 0 Å². The summed E-state index contributed by atoms with van der Waals surface area (Å²) in [4.78, 5) is 27.5. The molecule has 202 valence electrons. The number of carbonyl (C=O) groups is 1. The molecule has 6 rings (SSSR count). The van der Waals surface area contributed by atoms with E-state index in [0.29, 0.717) is 5.82 Å². The van der Waals surface area contributed by atoms with Gasteiger partial charge < -0.3 is 5.32 Å². The zero-order chi connectivity index (χ0) is 27.9. The minimum Gasteiger partial charge on any atom is -0.310 e. The highest BCUT2D eigenvalue weighted by molar-refractivity contribution is 5.97. The van der Waals surface area contributed by atoms with Gasteiger partial charge in [-0.1, -0.05) is 63.3 Å². The monoisotopic (exact) mass is 528 g/mol. The molecule has 5 heteroatoms. The van der Waals surface area contributed by atoms with Gasteiger partial charge in [0.25, 0.3) is 0 Å². The molecule has 2 heterocycles. The summed E-state index contributed by atoms with van der Waals surface area (Å²) in [6, 6.07) is 19.2. The minimum absolute atomic E-state index is 0.0434. The standard InChI is InChI=1S/C35H36N4O/c1-22-10-5-8-13-26(22)24-16-17-30-25(18-24)19-29(33(38-30)39-34(40)35(2,3)4)27-14-9-15-28(27)32-20-31(36-21-37-32)23-11-6-7-12-23/h5,8,10-11,13,15-21,27H,6-7,9,12,14H2,1-4H3,(H,38,39,40). The number of fused-ring (bicyclic) bond motifs is 1. The van der Waals surface area contributed by atoms with E-state index in [9.17, 15) is 4.79 Å². The fraction of sp³-hybridized carbons (Fsp3) is 0.314. The van der Waals surface area contributed by atoms with Crippen molar-refractivity contribution in [2.24, 2.45) is 5.41 Å². The van der Waals surface area contributed by atoms with Gasteiger partial charge in [0, 0.05) is 22.3 Å². The van der Waals surface area contributed by atoms with Crippen LogP contribution in [-0.2, 0) is 4.79 Å². The number of pyridine rings is 1. The Morgan fingerprint density at radius 2 is 1.77 bits per heavy atom. The molecule has 4 aromatic rings. The van der Waals surface area contributed by atoms with E-state index in [1.165, 1.54) is 28.7 Å². The lowest BCUT2D eigenvalue weighted by molar-refractivity contribution is -0.123. The van der Waals surface area contributed by atoms with Crippen LogP contribution >= 0.6 is 0 Å². The molecule has 40 heavy (non-hydrogen) atoms. The SMILES string of the molecule is Cc1ccccc1-c1ccc2nc(NC(=O)C(C)(C)C)c(C3CCC=C3c3cc(C4=CCCC4)ncn3)cc2c1. The van der Waals surface area contributed by atoms with Crippen molar-refractivity contribution in [3.05, 3.63) is 95.6 Å². The summed E-state index contributed by atoms with van der Waals surface area (Å²) in [5.41, 5.74) is 9.47. The number of nitrogens with zero attached hydrogens (tertiary/aromatic N) is 3. The second kappa shape index (κ2) is 10.5. The second-order valence-corrected chi connectivity index (χ2v) is 12.1. The Labute approximate surface area is 236 Å². The number of allylic oxidation sites excluding steroid dienone is 4. The summed E-state index contributed by atoms with van der Waals surface area (Å²) in [6.45, 7) is 7.93. The number of hydrogen-bond donors (Lipinski definition) is 1. The first-order chi connectivity index (χ1) is 19.3. The van der Waals surface area contributed by atoms with Crippen LogP contribution in [0.3, 0.4) is 0 Å². The Kier molecular flexibility index (Phi) is 6.83. The Morgan fingerprint density at radius 3 is 2.55 bits per heavy atom. The first-order valence-electron chi connectivity index (χ1n) is 14.3. The normalized spacial score (nSPS) is 17.1. The van der Waals surface area contributed by atoms with E-state index in [1.54, 1.807) is 6.33 Å². The maximum atomic E-state index is 13.2. The summed E-state index contributed by atoms with van der Waals surface area (Å²) in [5.74, 6) is 0.675. The quantitative estimate of drug-likeness (QED) is 0.282. The molecule has 0 radical (unpaired) electrons. The summed E-state index contributed by atoms with van der Waals surface area (Å²) in [7, 11) is 0. The molecule has 1 amide bonds. The Morgan fingerprint density at radius 1 is 0.950 bits per heavy atom. The number of hydrogen-bond acceptors (Lipinski definition) is 4. The molecule has 2 aliphatic carbocycles. The molecular weight excluding hydrogens is 492 g/mol. The lowest BCUT2D eigenvalue weighted by Crippen LogP contribution is -2.28. The van der Waals surface area contributed by atoms with Crippen LogP contribution in [0.25, 0.3) is 33.2 Å². The molecule has 0 fully saturated rings. The number of nitrogens with one attached hydrogen (secondary N) is 1. The first-order valence-corrected chi connectivity index (χ1v) is 14.3. The van der Waals surface area contributed by atoms with Crippen LogP contribution in [0.15, 0.2) is 73.1 Å². The minimum atomic E-state index is -0.534. The van der Waals surface area contributed by atoms with Gasteiger partial charge in [-0.25, -0.2) is 15.0 Å². The molecule has 0 saturated carbocycles. The van der Waals surface area contributed by atoms with E-state index in [4.69, 9.17) is 9.97 Å². The number of aromatic nitrogens is 3. The molecule has 1 N–H and O–H groups in total. The lowest BCUT2D eigenvalue weighted by Gasteiger charge is -2.23. The maximum Gasteiger partial charge on any atom is 0.230 e. The topological polar surface area (TPSA) is 67.8 Å².